The fourth-order valence-electron chi connectivity index (χ4n) is 2.26. The third-order valence-corrected chi connectivity index (χ3v) is 3.40. The molecule has 0 aliphatic heterocycles. The Kier molecular flexibility index (Phi) is 4.37. The molecule has 1 fully saturated rings. The quantitative estimate of drug-likeness (QED) is 0.745. The lowest BCUT2D eigenvalue weighted by Crippen LogP contribution is -2.36. The van der Waals surface area contributed by atoms with Gasteiger partial charge in [0.1, 0.15) is 0 Å². The molecule has 3 heteroatoms. The lowest BCUT2D eigenvalue weighted by atomic mass is 9.98. The van der Waals surface area contributed by atoms with Crippen molar-refractivity contribution in [3.63, 3.8) is 0 Å². The van der Waals surface area contributed by atoms with E-state index < -0.39 is 0 Å². The molecule has 1 aliphatic carbocycles. The number of hydrogen-bond donors (Lipinski definition) is 0. The van der Waals surface area contributed by atoms with Gasteiger partial charge in [-0.15, -0.1) is 0 Å². The Labute approximate surface area is 104 Å². The first-order valence-electron chi connectivity index (χ1n) is 6.54. The summed E-state index contributed by atoms with van der Waals surface area (Å²) in [6.45, 7) is 0.679. The van der Waals surface area contributed by atoms with Crippen molar-refractivity contribution >= 4 is 5.69 Å². The highest BCUT2D eigenvalue weighted by Crippen LogP contribution is 2.20. The van der Waals surface area contributed by atoms with Gasteiger partial charge in [0.2, 0.25) is 0 Å². The molecule has 0 bridgehead atoms. The van der Waals surface area contributed by atoms with Crippen molar-refractivity contribution in [2.45, 2.75) is 44.9 Å². The lowest BCUT2D eigenvalue weighted by Gasteiger charge is -2.20. The molecule has 0 unspecified atom stereocenters. The van der Waals surface area contributed by atoms with Crippen LogP contribution in [0.4, 0.5) is 5.69 Å². The second-order valence-corrected chi connectivity index (χ2v) is 5.02. The number of aromatic nitrogens is 1. The summed E-state index contributed by atoms with van der Waals surface area (Å²) in [7, 11) is 4.11. The summed E-state index contributed by atoms with van der Waals surface area (Å²) < 4.78 is 8.02. The Hall–Kier alpha value is -1.09. The van der Waals surface area contributed by atoms with Crippen LogP contribution >= 0.6 is 0 Å². The number of anilines is 1. The van der Waals surface area contributed by atoms with Crippen molar-refractivity contribution in [3.8, 4) is 0 Å². The topological polar surface area (TPSA) is 16.4 Å². The number of pyridine rings is 1. The third-order valence-electron chi connectivity index (χ3n) is 3.40. The maximum absolute atomic E-state index is 5.92. The minimum Gasteiger partial charge on any atom is -0.377 e. The summed E-state index contributed by atoms with van der Waals surface area (Å²) in [5.74, 6) is 0. The van der Waals surface area contributed by atoms with Crippen molar-refractivity contribution in [3.05, 3.63) is 24.5 Å². The normalized spacial score (nSPS) is 17.1. The summed E-state index contributed by atoms with van der Waals surface area (Å²) in [5, 5.41) is 0. The zero-order valence-electron chi connectivity index (χ0n) is 10.9. The van der Waals surface area contributed by atoms with Gasteiger partial charge in [-0.3, -0.25) is 0 Å². The molecule has 3 nitrogen and oxygen atoms in total. The Morgan fingerprint density at radius 3 is 2.41 bits per heavy atom. The molecule has 0 spiro atoms. The van der Waals surface area contributed by atoms with E-state index in [2.05, 4.69) is 48.1 Å². The molecular formula is C14H23N2O+. The summed E-state index contributed by atoms with van der Waals surface area (Å²) in [4.78, 5) is 2.10. The van der Waals surface area contributed by atoms with E-state index in [1.165, 1.54) is 37.8 Å². The highest BCUT2D eigenvalue weighted by molar-refractivity contribution is 5.41. The number of nitrogens with zero attached hydrogens (tertiary/aromatic N) is 2. The van der Waals surface area contributed by atoms with Crippen molar-refractivity contribution in [1.82, 2.24) is 0 Å². The van der Waals surface area contributed by atoms with Crippen LogP contribution in [0.5, 0.6) is 0 Å². The van der Waals surface area contributed by atoms with Crippen LogP contribution in [0, 0.1) is 0 Å². The fraction of sp³-hybridized carbons (Fsp3) is 0.643. The minimum atomic E-state index is 0.477. The Morgan fingerprint density at radius 1 is 1.18 bits per heavy atom. The van der Waals surface area contributed by atoms with E-state index in [0.717, 1.165) is 0 Å². The molecule has 0 N–H and O–H groups in total. The van der Waals surface area contributed by atoms with Crippen LogP contribution in [-0.2, 0) is 11.5 Å². The smallest absolute Gasteiger partial charge is 0.252 e. The number of hydrogen-bond acceptors (Lipinski definition) is 2. The molecular weight excluding hydrogens is 212 g/mol. The van der Waals surface area contributed by atoms with Crippen LogP contribution in [-0.4, -0.2) is 20.2 Å². The predicted molar refractivity (Wildman–Crippen MR) is 68.9 cm³/mol. The first-order valence-corrected chi connectivity index (χ1v) is 6.54. The molecule has 1 saturated carbocycles. The molecule has 17 heavy (non-hydrogen) atoms. The van der Waals surface area contributed by atoms with Gasteiger partial charge >= 0.3 is 0 Å². The molecule has 0 saturated heterocycles. The zero-order chi connectivity index (χ0) is 12.1. The van der Waals surface area contributed by atoms with Crippen LogP contribution < -0.4 is 9.47 Å². The van der Waals surface area contributed by atoms with Crippen LogP contribution in [0.2, 0.25) is 0 Å². The van der Waals surface area contributed by atoms with Gasteiger partial charge in [0.15, 0.2) is 12.4 Å². The van der Waals surface area contributed by atoms with E-state index in [4.69, 9.17) is 4.74 Å². The summed E-state index contributed by atoms with van der Waals surface area (Å²) in [6, 6.07) is 4.23. The molecule has 0 atom stereocenters. The Morgan fingerprint density at radius 2 is 1.82 bits per heavy atom. The van der Waals surface area contributed by atoms with E-state index in [9.17, 15) is 0 Å². The van der Waals surface area contributed by atoms with Gasteiger partial charge in [0.25, 0.3) is 6.73 Å². The minimum absolute atomic E-state index is 0.477. The van der Waals surface area contributed by atoms with Crippen molar-refractivity contribution in [2.75, 3.05) is 19.0 Å². The fourth-order valence-corrected chi connectivity index (χ4v) is 2.26. The first kappa shape index (κ1) is 12.4. The average Bonchev–Trinajstić information content (AvgIpc) is 2.38. The lowest BCUT2D eigenvalue weighted by molar-refractivity contribution is -0.735. The van der Waals surface area contributed by atoms with Crippen LogP contribution in [0.3, 0.4) is 0 Å². The first-order chi connectivity index (χ1) is 8.25. The maximum Gasteiger partial charge on any atom is 0.252 e. The summed E-state index contributed by atoms with van der Waals surface area (Å²) in [6.07, 6.45) is 11.1. The van der Waals surface area contributed by atoms with E-state index in [-0.39, 0.29) is 0 Å². The zero-order valence-corrected chi connectivity index (χ0v) is 10.9. The van der Waals surface area contributed by atoms with E-state index in [0.29, 0.717) is 12.8 Å². The SMILES string of the molecule is CN(C)c1cc[n+](COC2CCCCC2)cc1. The predicted octanol–water partition coefficient (Wildman–Crippen LogP) is 2.35. The molecule has 0 radical (unpaired) electrons. The highest BCUT2D eigenvalue weighted by Gasteiger charge is 2.15. The summed E-state index contributed by atoms with van der Waals surface area (Å²) in [5.41, 5.74) is 1.22. The Balaban J connectivity index is 1.82. The largest absolute Gasteiger partial charge is 0.377 e. The standard InChI is InChI=1S/C14H23N2O/c1-15(2)13-8-10-16(11-9-13)12-17-14-6-4-3-5-7-14/h8-11,14H,3-7,12H2,1-2H3/q+1. The van der Waals surface area contributed by atoms with Crippen molar-refractivity contribution < 1.29 is 9.30 Å². The van der Waals surface area contributed by atoms with Crippen molar-refractivity contribution in [1.29, 1.82) is 0 Å². The van der Waals surface area contributed by atoms with Gasteiger partial charge in [0.05, 0.1) is 6.10 Å². The number of rotatable bonds is 4. The highest BCUT2D eigenvalue weighted by atomic mass is 16.5. The van der Waals surface area contributed by atoms with Gasteiger partial charge in [0, 0.05) is 31.9 Å². The molecule has 1 aromatic heterocycles. The van der Waals surface area contributed by atoms with Crippen LogP contribution in [0.25, 0.3) is 0 Å². The van der Waals surface area contributed by atoms with Crippen molar-refractivity contribution in [2.24, 2.45) is 0 Å². The van der Waals surface area contributed by atoms with Crippen LogP contribution in [0.15, 0.2) is 24.5 Å². The summed E-state index contributed by atoms with van der Waals surface area (Å²) >= 11 is 0. The van der Waals surface area contributed by atoms with Gasteiger partial charge < -0.3 is 9.64 Å². The van der Waals surface area contributed by atoms with Gasteiger partial charge in [-0.25, -0.2) is 0 Å². The van der Waals surface area contributed by atoms with Gasteiger partial charge in [-0.2, -0.15) is 4.57 Å². The molecule has 1 heterocycles. The molecule has 0 aromatic carbocycles. The second kappa shape index (κ2) is 6.01. The monoisotopic (exact) mass is 235 g/mol. The van der Waals surface area contributed by atoms with E-state index in [1.807, 2.05) is 0 Å². The average molecular weight is 235 g/mol. The Bertz CT molecular complexity index is 329. The van der Waals surface area contributed by atoms with Gasteiger partial charge in [-0.1, -0.05) is 19.3 Å². The van der Waals surface area contributed by atoms with E-state index in [1.54, 1.807) is 0 Å². The number of ether oxygens (including phenoxy) is 1. The molecule has 94 valence electrons. The maximum atomic E-state index is 5.92. The van der Waals surface area contributed by atoms with Gasteiger partial charge in [-0.05, 0) is 12.8 Å². The molecule has 2 rings (SSSR count). The molecule has 0 amide bonds. The third kappa shape index (κ3) is 3.70. The molecule has 1 aliphatic rings. The van der Waals surface area contributed by atoms with E-state index >= 15 is 0 Å². The second-order valence-electron chi connectivity index (χ2n) is 5.02. The van der Waals surface area contributed by atoms with Crippen LogP contribution in [0.1, 0.15) is 32.1 Å². The molecule has 1 aromatic rings.